The van der Waals surface area contributed by atoms with E-state index in [2.05, 4.69) is 6.92 Å². The molecule has 0 spiro atoms. The predicted octanol–water partition coefficient (Wildman–Crippen LogP) is 3.03. The van der Waals surface area contributed by atoms with E-state index in [0.29, 0.717) is 24.2 Å². The van der Waals surface area contributed by atoms with Crippen LogP contribution in [-0.4, -0.2) is 29.1 Å². The minimum Gasteiger partial charge on any atom is -0.461 e. The molecule has 0 radical (unpaired) electrons. The van der Waals surface area contributed by atoms with Crippen LogP contribution in [0.2, 0.25) is 0 Å². The number of aliphatic hydroxyl groups is 1. The second-order valence-electron chi connectivity index (χ2n) is 8.67. The van der Waals surface area contributed by atoms with Gasteiger partial charge in [-0.25, -0.2) is 0 Å². The van der Waals surface area contributed by atoms with Crippen LogP contribution in [0.5, 0.6) is 0 Å². The summed E-state index contributed by atoms with van der Waals surface area (Å²) in [4.78, 5) is 23.6. The third-order valence-electron chi connectivity index (χ3n) is 7.56. The van der Waals surface area contributed by atoms with Crippen molar-refractivity contribution in [2.45, 2.75) is 71.0 Å². The summed E-state index contributed by atoms with van der Waals surface area (Å²) in [5.41, 5.74) is 1.27. The Hall–Kier alpha value is -1.16. The van der Waals surface area contributed by atoms with E-state index in [1.165, 1.54) is 12.5 Å². The van der Waals surface area contributed by atoms with Gasteiger partial charge < -0.3 is 9.84 Å². The summed E-state index contributed by atoms with van der Waals surface area (Å²) in [7, 11) is 0. The summed E-state index contributed by atoms with van der Waals surface area (Å²) in [6, 6.07) is 0. The Morgan fingerprint density at radius 3 is 2.79 bits per heavy atom. The van der Waals surface area contributed by atoms with E-state index < -0.39 is 0 Å². The Balaban J connectivity index is 1.65. The minimum atomic E-state index is -0.284. The summed E-state index contributed by atoms with van der Waals surface area (Å²) in [5.74, 6) is 1.69. The van der Waals surface area contributed by atoms with Crippen molar-refractivity contribution < 1.29 is 19.4 Å². The molecule has 24 heavy (non-hydrogen) atoms. The fraction of sp³-hybridized carbons (Fsp3) is 0.800. The van der Waals surface area contributed by atoms with E-state index in [4.69, 9.17) is 4.74 Å². The van der Waals surface area contributed by atoms with Gasteiger partial charge in [0.1, 0.15) is 6.10 Å². The zero-order chi connectivity index (χ0) is 17.1. The maximum absolute atomic E-state index is 12.0. The van der Waals surface area contributed by atoms with Gasteiger partial charge in [0.05, 0.1) is 6.10 Å². The molecule has 132 valence electrons. The second-order valence-corrected chi connectivity index (χ2v) is 8.67. The molecule has 3 fully saturated rings. The van der Waals surface area contributed by atoms with Crippen molar-refractivity contribution in [3.05, 3.63) is 11.6 Å². The first kappa shape index (κ1) is 16.3. The Labute approximate surface area is 143 Å². The Bertz CT molecular complexity index is 594. The first-order valence-corrected chi connectivity index (χ1v) is 9.48. The first-order valence-electron chi connectivity index (χ1n) is 9.48. The van der Waals surface area contributed by atoms with Crippen LogP contribution in [0.4, 0.5) is 0 Å². The van der Waals surface area contributed by atoms with E-state index in [1.54, 1.807) is 0 Å². The second kappa shape index (κ2) is 5.69. The van der Waals surface area contributed by atoms with E-state index in [0.717, 1.165) is 38.5 Å². The molecule has 0 saturated heterocycles. The lowest BCUT2D eigenvalue weighted by Crippen LogP contribution is -2.51. The molecule has 1 N–H and O–H groups in total. The number of esters is 1. The number of fused-ring (bicyclic) bond motifs is 5. The van der Waals surface area contributed by atoms with Crippen molar-refractivity contribution in [2.75, 3.05) is 0 Å². The number of rotatable bonds is 1. The fourth-order valence-corrected chi connectivity index (χ4v) is 6.53. The molecular weight excluding hydrogens is 304 g/mol. The summed E-state index contributed by atoms with van der Waals surface area (Å²) in [6.45, 7) is 3.71. The smallest absolute Gasteiger partial charge is 0.302 e. The zero-order valence-corrected chi connectivity index (χ0v) is 14.7. The van der Waals surface area contributed by atoms with Crippen molar-refractivity contribution in [3.8, 4) is 0 Å². The van der Waals surface area contributed by atoms with Gasteiger partial charge in [-0.15, -0.1) is 0 Å². The highest BCUT2D eigenvalue weighted by Crippen LogP contribution is 2.61. The molecule has 4 aliphatic rings. The van der Waals surface area contributed by atoms with Crippen LogP contribution < -0.4 is 0 Å². The summed E-state index contributed by atoms with van der Waals surface area (Å²) in [5, 5.41) is 10.5. The molecule has 4 heteroatoms. The van der Waals surface area contributed by atoms with Gasteiger partial charge in [0.2, 0.25) is 0 Å². The van der Waals surface area contributed by atoms with Crippen molar-refractivity contribution in [2.24, 2.45) is 29.1 Å². The quantitative estimate of drug-likeness (QED) is 0.750. The van der Waals surface area contributed by atoms with E-state index >= 15 is 0 Å². The maximum Gasteiger partial charge on any atom is 0.302 e. The van der Waals surface area contributed by atoms with Crippen LogP contribution in [0.15, 0.2) is 11.6 Å². The average Bonchev–Trinajstić information content (AvgIpc) is 2.81. The van der Waals surface area contributed by atoms with Gasteiger partial charge in [-0.1, -0.05) is 12.5 Å². The maximum atomic E-state index is 12.0. The number of ketones is 1. The molecular formula is C20H28O4. The monoisotopic (exact) mass is 332 g/mol. The van der Waals surface area contributed by atoms with Gasteiger partial charge >= 0.3 is 5.97 Å². The van der Waals surface area contributed by atoms with Crippen LogP contribution in [0.1, 0.15) is 58.8 Å². The third kappa shape index (κ3) is 2.37. The van der Waals surface area contributed by atoms with Gasteiger partial charge in [0.25, 0.3) is 0 Å². The molecule has 0 bridgehead atoms. The molecule has 4 rings (SSSR count). The third-order valence-corrected chi connectivity index (χ3v) is 7.56. The number of carbonyl (C=O) groups is 2. The SMILES string of the molecule is CC(=O)OC1CC(=O)C=C2CC[C@@H]3[C@H](CC[C@]4(C)[C@@H](O)CC[C@@H]34)C21. The number of aliphatic hydroxyl groups excluding tert-OH is 1. The van der Waals surface area contributed by atoms with Crippen LogP contribution >= 0.6 is 0 Å². The van der Waals surface area contributed by atoms with Gasteiger partial charge in [-0.3, -0.25) is 9.59 Å². The van der Waals surface area contributed by atoms with Crippen molar-refractivity contribution in [1.82, 2.24) is 0 Å². The highest BCUT2D eigenvalue weighted by Gasteiger charge is 2.57. The number of hydrogen-bond donors (Lipinski definition) is 1. The lowest BCUT2D eigenvalue weighted by molar-refractivity contribution is -0.154. The fourth-order valence-electron chi connectivity index (χ4n) is 6.53. The average molecular weight is 332 g/mol. The molecule has 0 heterocycles. The molecule has 0 aliphatic heterocycles. The van der Waals surface area contributed by atoms with Gasteiger partial charge in [0, 0.05) is 19.3 Å². The largest absolute Gasteiger partial charge is 0.461 e. The molecule has 0 aromatic carbocycles. The molecule has 0 amide bonds. The zero-order valence-electron chi connectivity index (χ0n) is 14.7. The Morgan fingerprint density at radius 1 is 1.25 bits per heavy atom. The normalized spacial score (nSPS) is 47.3. The lowest BCUT2D eigenvalue weighted by atomic mass is 9.51. The summed E-state index contributed by atoms with van der Waals surface area (Å²) in [6.07, 6.45) is 7.92. The van der Waals surface area contributed by atoms with Gasteiger partial charge in [0.15, 0.2) is 5.78 Å². The molecule has 3 saturated carbocycles. The van der Waals surface area contributed by atoms with Crippen molar-refractivity contribution in [3.63, 3.8) is 0 Å². The summed E-state index contributed by atoms with van der Waals surface area (Å²) < 4.78 is 5.59. The summed E-state index contributed by atoms with van der Waals surface area (Å²) >= 11 is 0. The van der Waals surface area contributed by atoms with Crippen LogP contribution in [0.25, 0.3) is 0 Å². The van der Waals surface area contributed by atoms with E-state index in [1.807, 2.05) is 6.08 Å². The highest BCUT2D eigenvalue weighted by atomic mass is 16.5. The van der Waals surface area contributed by atoms with Gasteiger partial charge in [-0.2, -0.15) is 0 Å². The van der Waals surface area contributed by atoms with Crippen molar-refractivity contribution in [1.29, 1.82) is 0 Å². The standard InChI is InChI=1S/C20H28O4/c1-11(21)24-17-10-13(22)9-12-3-4-14-15(19(12)17)7-8-20(2)16(14)5-6-18(20)23/h9,14-19,23H,3-8,10H2,1-2H3/t14-,15+,16+,17?,18+,19?,20+/m1/s1. The van der Waals surface area contributed by atoms with Gasteiger partial charge in [-0.05, 0) is 67.8 Å². The Kier molecular flexibility index (Phi) is 3.87. The molecule has 2 unspecified atom stereocenters. The molecule has 4 aliphatic carbocycles. The molecule has 4 nitrogen and oxygen atoms in total. The number of carbonyl (C=O) groups excluding carboxylic acids is 2. The van der Waals surface area contributed by atoms with E-state index in [-0.39, 0.29) is 35.3 Å². The molecule has 7 atom stereocenters. The van der Waals surface area contributed by atoms with Crippen molar-refractivity contribution >= 4 is 11.8 Å². The van der Waals surface area contributed by atoms with Crippen LogP contribution in [0, 0.1) is 29.1 Å². The first-order chi connectivity index (χ1) is 11.4. The topological polar surface area (TPSA) is 63.6 Å². The van der Waals surface area contributed by atoms with E-state index in [9.17, 15) is 14.7 Å². The predicted molar refractivity (Wildman–Crippen MR) is 89.0 cm³/mol. The molecule has 0 aromatic rings. The number of hydrogen-bond acceptors (Lipinski definition) is 4. The van der Waals surface area contributed by atoms with Crippen LogP contribution in [-0.2, 0) is 14.3 Å². The number of ether oxygens (including phenoxy) is 1. The molecule has 0 aromatic heterocycles. The Morgan fingerprint density at radius 2 is 2.04 bits per heavy atom. The minimum absolute atomic E-state index is 0.0593. The highest BCUT2D eigenvalue weighted by molar-refractivity contribution is 5.92. The lowest BCUT2D eigenvalue weighted by Gasteiger charge is -2.54. The van der Waals surface area contributed by atoms with Crippen LogP contribution in [0.3, 0.4) is 0 Å².